The zero-order chi connectivity index (χ0) is 30.3. The predicted octanol–water partition coefficient (Wildman–Crippen LogP) is 6.36. The molecule has 7 nitrogen and oxygen atoms in total. The second-order valence-electron chi connectivity index (χ2n) is 9.78. The smallest absolute Gasteiger partial charge is 0.264 e. The van der Waals surface area contributed by atoms with Crippen molar-refractivity contribution in [2.24, 2.45) is 0 Å². The molecule has 0 spiro atoms. The lowest BCUT2D eigenvalue weighted by molar-refractivity contribution is -0.140. The zero-order valence-electron chi connectivity index (χ0n) is 23.4. The predicted molar refractivity (Wildman–Crippen MR) is 161 cm³/mol. The molecule has 0 saturated heterocycles. The Morgan fingerprint density at radius 1 is 0.976 bits per heavy atom. The Bertz CT molecular complexity index is 1490. The molecule has 220 valence electrons. The number of hydrogen-bond acceptors (Lipinski definition) is 4. The number of carbonyl (C=O) groups is 2. The van der Waals surface area contributed by atoms with E-state index in [0.29, 0.717) is 17.0 Å². The van der Waals surface area contributed by atoms with Gasteiger partial charge in [0.1, 0.15) is 18.4 Å². The normalized spacial score (nSPS) is 12.9. The minimum atomic E-state index is -4.38. The summed E-state index contributed by atoms with van der Waals surface area (Å²) in [5.74, 6) is -1.91. The van der Waals surface area contributed by atoms with Gasteiger partial charge in [0.15, 0.2) is 0 Å². The van der Waals surface area contributed by atoms with Gasteiger partial charge in [-0.15, -0.1) is 0 Å². The number of rotatable bonds is 12. The highest BCUT2D eigenvalue weighted by atomic mass is 35.5. The molecule has 2 amide bonds. The summed E-state index contributed by atoms with van der Waals surface area (Å²) in [6, 6.07) is 15.1. The van der Waals surface area contributed by atoms with Gasteiger partial charge in [0.25, 0.3) is 10.0 Å². The summed E-state index contributed by atoms with van der Waals surface area (Å²) < 4.78 is 43.5. The summed E-state index contributed by atoms with van der Waals surface area (Å²) in [7, 11) is -4.38. The summed E-state index contributed by atoms with van der Waals surface area (Å²) in [5, 5.41) is 3.58. The van der Waals surface area contributed by atoms with E-state index in [4.69, 9.17) is 23.2 Å². The van der Waals surface area contributed by atoms with Crippen molar-refractivity contribution in [3.63, 3.8) is 0 Å². The number of halogens is 3. The van der Waals surface area contributed by atoms with Crippen LogP contribution in [-0.4, -0.2) is 43.8 Å². The number of carbonyl (C=O) groups excluding carboxylic acids is 2. The number of sulfonamides is 1. The highest BCUT2D eigenvalue weighted by Gasteiger charge is 2.35. The van der Waals surface area contributed by atoms with Gasteiger partial charge in [0, 0.05) is 22.6 Å². The fraction of sp³-hybridized carbons (Fsp3) is 0.333. The molecular formula is C30H34Cl2FN3O4S. The van der Waals surface area contributed by atoms with E-state index >= 15 is 4.39 Å². The van der Waals surface area contributed by atoms with E-state index < -0.39 is 34.3 Å². The number of amides is 2. The van der Waals surface area contributed by atoms with Crippen LogP contribution in [0.5, 0.6) is 0 Å². The van der Waals surface area contributed by atoms with Gasteiger partial charge >= 0.3 is 0 Å². The van der Waals surface area contributed by atoms with Crippen LogP contribution >= 0.6 is 23.2 Å². The fourth-order valence-corrected chi connectivity index (χ4v) is 6.09. The lowest BCUT2D eigenvalue weighted by atomic mass is 10.1. The van der Waals surface area contributed by atoms with Gasteiger partial charge in [0.05, 0.1) is 10.6 Å². The molecule has 3 rings (SSSR count). The first-order valence-corrected chi connectivity index (χ1v) is 15.5. The largest absolute Gasteiger partial charge is 0.352 e. The van der Waals surface area contributed by atoms with Gasteiger partial charge in [-0.25, -0.2) is 12.8 Å². The molecule has 0 heterocycles. The van der Waals surface area contributed by atoms with Gasteiger partial charge in [0.2, 0.25) is 11.8 Å². The van der Waals surface area contributed by atoms with Crippen LogP contribution < -0.4 is 9.62 Å². The lowest BCUT2D eigenvalue weighted by Crippen LogP contribution is -2.53. The number of para-hydroxylation sites is 1. The molecule has 0 saturated carbocycles. The fourth-order valence-electron chi connectivity index (χ4n) is 4.20. The summed E-state index contributed by atoms with van der Waals surface area (Å²) >= 11 is 12.5. The molecule has 11 heteroatoms. The summed E-state index contributed by atoms with van der Waals surface area (Å²) in [6.45, 7) is 6.48. The molecule has 0 aromatic heterocycles. The number of nitrogens with one attached hydrogen (secondary N) is 1. The lowest BCUT2D eigenvalue weighted by Gasteiger charge is -2.34. The molecule has 3 aromatic rings. The van der Waals surface area contributed by atoms with E-state index in [2.05, 4.69) is 5.32 Å². The SMILES string of the molecule is CCC(C)NC(=O)C(CC)N(Cc1ccc(Cl)cc1Cl)C(=O)CN(c1ccccc1F)S(=O)(=O)c1ccc(C)cc1. The first-order valence-electron chi connectivity index (χ1n) is 13.3. The van der Waals surface area contributed by atoms with Crippen molar-refractivity contribution in [3.05, 3.63) is 93.7 Å². The van der Waals surface area contributed by atoms with Crippen LogP contribution in [0.3, 0.4) is 0 Å². The molecule has 3 aromatic carbocycles. The molecule has 1 N–H and O–H groups in total. The quantitative estimate of drug-likeness (QED) is 0.255. The molecule has 0 radical (unpaired) electrons. The summed E-state index contributed by atoms with van der Waals surface area (Å²) in [5.41, 5.74) is 1.06. The molecule has 0 aliphatic rings. The maximum Gasteiger partial charge on any atom is 0.264 e. The number of aryl methyl sites for hydroxylation is 1. The molecular weight excluding hydrogens is 588 g/mol. The van der Waals surface area contributed by atoms with Crippen LogP contribution in [0.25, 0.3) is 0 Å². The number of hydrogen-bond donors (Lipinski definition) is 1. The first-order chi connectivity index (χ1) is 19.4. The topological polar surface area (TPSA) is 86.8 Å². The molecule has 0 fully saturated rings. The average Bonchev–Trinajstić information content (AvgIpc) is 2.93. The molecule has 2 atom stereocenters. The number of anilines is 1. The van der Waals surface area contributed by atoms with Crippen molar-refractivity contribution in [2.75, 3.05) is 10.8 Å². The van der Waals surface area contributed by atoms with Gasteiger partial charge in [-0.1, -0.05) is 72.9 Å². The van der Waals surface area contributed by atoms with Crippen molar-refractivity contribution in [1.82, 2.24) is 10.2 Å². The van der Waals surface area contributed by atoms with E-state index in [1.165, 1.54) is 41.3 Å². The molecule has 41 heavy (non-hydrogen) atoms. The van der Waals surface area contributed by atoms with Gasteiger partial charge < -0.3 is 10.2 Å². The van der Waals surface area contributed by atoms with Crippen LogP contribution in [0.15, 0.2) is 71.6 Å². The average molecular weight is 623 g/mol. The Morgan fingerprint density at radius 3 is 2.22 bits per heavy atom. The Morgan fingerprint density at radius 2 is 1.63 bits per heavy atom. The van der Waals surface area contributed by atoms with E-state index in [-0.39, 0.29) is 40.5 Å². The summed E-state index contributed by atoms with van der Waals surface area (Å²) in [6.07, 6.45) is 0.915. The molecule has 0 aliphatic heterocycles. The summed E-state index contributed by atoms with van der Waals surface area (Å²) in [4.78, 5) is 28.6. The second kappa shape index (κ2) is 14.2. The third-order valence-electron chi connectivity index (χ3n) is 6.75. The van der Waals surface area contributed by atoms with E-state index in [1.54, 1.807) is 31.2 Å². The van der Waals surface area contributed by atoms with Gasteiger partial charge in [-0.2, -0.15) is 0 Å². The van der Waals surface area contributed by atoms with Crippen molar-refractivity contribution < 1.29 is 22.4 Å². The minimum Gasteiger partial charge on any atom is -0.352 e. The third kappa shape index (κ3) is 7.99. The van der Waals surface area contributed by atoms with Crippen LogP contribution in [0, 0.1) is 12.7 Å². The Balaban J connectivity index is 2.09. The standard InChI is InChI=1S/C30H34Cl2FN3O4S/c1-5-21(4)34-30(38)27(6-2)35(18-22-13-14-23(31)17-25(22)32)29(37)19-36(28-10-8-7-9-26(28)33)41(39,40)24-15-11-20(3)12-16-24/h7-17,21,27H,5-6,18-19H2,1-4H3,(H,34,38). The molecule has 2 unspecified atom stereocenters. The van der Waals surface area contributed by atoms with Crippen LogP contribution in [0.2, 0.25) is 10.0 Å². The highest BCUT2D eigenvalue weighted by molar-refractivity contribution is 7.92. The van der Waals surface area contributed by atoms with E-state index in [1.807, 2.05) is 20.8 Å². The third-order valence-corrected chi connectivity index (χ3v) is 9.11. The highest BCUT2D eigenvalue weighted by Crippen LogP contribution is 2.28. The van der Waals surface area contributed by atoms with Crippen LogP contribution in [0.1, 0.15) is 44.7 Å². The molecule has 0 aliphatic carbocycles. The zero-order valence-corrected chi connectivity index (χ0v) is 25.7. The Kier molecular flexibility index (Phi) is 11.2. The van der Waals surface area contributed by atoms with Crippen LogP contribution in [-0.2, 0) is 26.2 Å². The Hall–Kier alpha value is -3.14. The maximum absolute atomic E-state index is 15.0. The van der Waals surface area contributed by atoms with E-state index in [0.717, 1.165) is 15.9 Å². The van der Waals surface area contributed by atoms with Gasteiger partial charge in [-0.3, -0.25) is 13.9 Å². The monoisotopic (exact) mass is 621 g/mol. The Labute approximate surface area is 251 Å². The van der Waals surface area contributed by atoms with E-state index in [9.17, 15) is 18.0 Å². The van der Waals surface area contributed by atoms with Crippen LogP contribution in [0.4, 0.5) is 10.1 Å². The van der Waals surface area contributed by atoms with Crippen molar-refractivity contribution in [3.8, 4) is 0 Å². The van der Waals surface area contributed by atoms with Crippen molar-refractivity contribution in [1.29, 1.82) is 0 Å². The number of nitrogens with zero attached hydrogens (tertiary/aromatic N) is 2. The maximum atomic E-state index is 15.0. The first kappa shape index (κ1) is 32.4. The molecule has 0 bridgehead atoms. The number of benzene rings is 3. The van der Waals surface area contributed by atoms with Gasteiger partial charge in [-0.05, 0) is 68.7 Å². The van der Waals surface area contributed by atoms with Crippen molar-refractivity contribution in [2.45, 2.75) is 64.1 Å². The second-order valence-corrected chi connectivity index (χ2v) is 12.5. The van der Waals surface area contributed by atoms with Crippen molar-refractivity contribution >= 4 is 50.7 Å². The minimum absolute atomic E-state index is 0.100.